The first kappa shape index (κ1) is 26.7. The van der Waals surface area contributed by atoms with Crippen molar-refractivity contribution in [1.29, 1.82) is 0 Å². The van der Waals surface area contributed by atoms with Gasteiger partial charge >= 0.3 is 0 Å². The van der Waals surface area contributed by atoms with Gasteiger partial charge < -0.3 is 4.90 Å². The van der Waals surface area contributed by atoms with E-state index in [1.165, 1.54) is 43.5 Å². The van der Waals surface area contributed by atoms with Gasteiger partial charge in [-0.3, -0.25) is 0 Å². The normalized spacial score (nSPS) is 12.7. The zero-order valence-corrected chi connectivity index (χ0v) is 23.6. The number of benzene rings is 5. The van der Waals surface area contributed by atoms with Gasteiger partial charge in [-0.25, -0.2) is 0 Å². The fourth-order valence-electron chi connectivity index (χ4n) is 5.22. The summed E-state index contributed by atoms with van der Waals surface area (Å²) < 4.78 is 0. The van der Waals surface area contributed by atoms with E-state index in [9.17, 15) is 0 Å². The van der Waals surface area contributed by atoms with Crippen LogP contribution in [0, 0.1) is 0 Å². The highest BCUT2D eigenvalue weighted by atomic mass is 15.1. The van der Waals surface area contributed by atoms with E-state index >= 15 is 0 Å². The molecule has 0 saturated heterocycles. The summed E-state index contributed by atoms with van der Waals surface area (Å²) in [4.78, 5) is 2.21. The highest BCUT2D eigenvalue weighted by Crippen LogP contribution is 2.36. The minimum absolute atomic E-state index is 1.000. The predicted octanol–water partition coefficient (Wildman–Crippen LogP) is 11.2. The molecule has 0 unspecified atom stereocenters. The van der Waals surface area contributed by atoms with Crippen LogP contribution in [0.4, 0.5) is 5.69 Å². The lowest BCUT2D eigenvalue weighted by molar-refractivity contribution is 1.13. The van der Waals surface area contributed by atoms with Gasteiger partial charge in [-0.1, -0.05) is 122 Å². The number of anilines is 1. The number of allylic oxidation sites excluding steroid dienone is 8. The lowest BCUT2D eigenvalue weighted by Gasteiger charge is -2.27. The molecule has 0 fully saturated rings. The smallest absolute Gasteiger partial charge is 0.0461 e. The van der Waals surface area contributed by atoms with Crippen LogP contribution in [0.3, 0.4) is 0 Å². The summed E-state index contributed by atoms with van der Waals surface area (Å²) in [6.07, 6.45) is 18.5. The van der Waals surface area contributed by atoms with E-state index in [1.54, 1.807) is 6.08 Å². The predicted molar refractivity (Wildman–Crippen MR) is 179 cm³/mol. The average molecular weight is 518 g/mol. The molecule has 0 atom stereocenters. The van der Waals surface area contributed by atoms with Crippen LogP contribution in [0.5, 0.6) is 0 Å². The van der Waals surface area contributed by atoms with Gasteiger partial charge in [0.05, 0.1) is 0 Å². The van der Waals surface area contributed by atoms with E-state index in [2.05, 4.69) is 147 Å². The minimum Gasteiger partial charge on any atom is -0.311 e. The molecule has 196 valence electrons. The number of hydrogen-bond acceptors (Lipinski definition) is 1. The molecular formula is C39H35N. The van der Waals surface area contributed by atoms with Crippen molar-refractivity contribution < 1.29 is 0 Å². The summed E-state index contributed by atoms with van der Waals surface area (Å²) in [6, 6.07) is 28.6. The molecule has 0 N–H and O–H groups in total. The van der Waals surface area contributed by atoms with Crippen LogP contribution in [-0.2, 0) is 0 Å². The van der Waals surface area contributed by atoms with Crippen LogP contribution in [-0.4, -0.2) is 0 Å². The SMILES string of the molecule is C=C/C=C\C(=C/C)N(/C(C=C)=C/C=C(C)C)c1ccc(C=Cc2ccc3ccc4cccc5ccc2c3c45)cc1. The zero-order valence-electron chi connectivity index (χ0n) is 23.6. The highest BCUT2D eigenvalue weighted by Gasteiger charge is 2.13. The molecule has 0 radical (unpaired) electrons. The van der Waals surface area contributed by atoms with E-state index in [4.69, 9.17) is 0 Å². The standard InChI is InChI=1S/C39H35N/c1-6-9-13-34(7-2)40(35(8-3)24-14-28(4)5)36-25-16-29(17-26-36)15-18-30-19-20-33-22-21-31-11-10-12-32-23-27-37(30)39(33)38(31)32/h6-27H,1,3H2,2,4-5H3/b13-9-,18-15?,34-7+,35-24+. The van der Waals surface area contributed by atoms with Crippen molar-refractivity contribution in [3.05, 3.63) is 163 Å². The Hall–Kier alpha value is -4.88. The van der Waals surface area contributed by atoms with Gasteiger partial charge in [0.2, 0.25) is 0 Å². The fraction of sp³-hybridized carbons (Fsp3) is 0.0769. The second kappa shape index (κ2) is 11.9. The molecule has 0 aliphatic carbocycles. The number of hydrogen-bond donors (Lipinski definition) is 0. The first-order valence-electron chi connectivity index (χ1n) is 13.7. The molecule has 0 heterocycles. The second-order valence-electron chi connectivity index (χ2n) is 10.1. The summed E-state index contributed by atoms with van der Waals surface area (Å²) in [5.41, 5.74) is 6.71. The first-order valence-corrected chi connectivity index (χ1v) is 13.7. The van der Waals surface area contributed by atoms with Crippen molar-refractivity contribution in [2.24, 2.45) is 0 Å². The summed E-state index contributed by atoms with van der Waals surface area (Å²) in [5, 5.41) is 7.84. The topological polar surface area (TPSA) is 3.24 Å². The lowest BCUT2D eigenvalue weighted by Crippen LogP contribution is -2.19. The third-order valence-corrected chi connectivity index (χ3v) is 7.18. The van der Waals surface area contributed by atoms with E-state index in [1.807, 2.05) is 19.1 Å². The van der Waals surface area contributed by atoms with Gasteiger partial charge in [0.25, 0.3) is 0 Å². The van der Waals surface area contributed by atoms with E-state index in [0.717, 1.165) is 22.6 Å². The monoisotopic (exact) mass is 517 g/mol. The van der Waals surface area contributed by atoms with Crippen LogP contribution in [0.1, 0.15) is 31.9 Å². The molecule has 0 saturated carbocycles. The molecular weight excluding hydrogens is 482 g/mol. The molecule has 0 amide bonds. The van der Waals surface area contributed by atoms with E-state index in [-0.39, 0.29) is 0 Å². The highest BCUT2D eigenvalue weighted by molar-refractivity contribution is 6.24. The minimum atomic E-state index is 1.000. The fourth-order valence-corrected chi connectivity index (χ4v) is 5.22. The van der Waals surface area contributed by atoms with Gasteiger partial charge in [0.1, 0.15) is 0 Å². The van der Waals surface area contributed by atoms with Crippen molar-refractivity contribution in [1.82, 2.24) is 0 Å². The molecule has 0 spiro atoms. The summed E-state index contributed by atoms with van der Waals surface area (Å²) in [5.74, 6) is 0. The molecule has 1 heteroatoms. The van der Waals surface area contributed by atoms with Gasteiger partial charge in [-0.05, 0) is 94.6 Å². The molecule has 0 aliphatic heterocycles. The molecule has 40 heavy (non-hydrogen) atoms. The number of nitrogens with zero attached hydrogens (tertiary/aromatic N) is 1. The Balaban J connectivity index is 1.51. The Labute approximate surface area is 238 Å². The van der Waals surface area contributed by atoms with Crippen molar-refractivity contribution in [2.75, 3.05) is 4.90 Å². The maximum Gasteiger partial charge on any atom is 0.0461 e. The Morgan fingerprint density at radius 1 is 0.700 bits per heavy atom. The zero-order chi connectivity index (χ0) is 28.1. The Morgan fingerprint density at radius 3 is 2.02 bits per heavy atom. The lowest BCUT2D eigenvalue weighted by atomic mass is 9.92. The first-order chi connectivity index (χ1) is 19.5. The third kappa shape index (κ3) is 5.32. The van der Waals surface area contributed by atoms with E-state index < -0.39 is 0 Å². The molecule has 5 aromatic rings. The van der Waals surface area contributed by atoms with Crippen molar-refractivity contribution in [3.63, 3.8) is 0 Å². The van der Waals surface area contributed by atoms with Gasteiger partial charge in [-0.15, -0.1) is 0 Å². The Morgan fingerprint density at radius 2 is 1.38 bits per heavy atom. The van der Waals surface area contributed by atoms with Crippen LogP contribution < -0.4 is 4.90 Å². The van der Waals surface area contributed by atoms with Crippen molar-refractivity contribution >= 4 is 50.2 Å². The Bertz CT molecular complexity index is 1820. The summed E-state index contributed by atoms with van der Waals surface area (Å²) in [7, 11) is 0. The average Bonchev–Trinajstić information content (AvgIpc) is 2.98. The van der Waals surface area contributed by atoms with Crippen LogP contribution in [0.25, 0.3) is 44.5 Å². The van der Waals surface area contributed by atoms with Crippen LogP contribution in [0.15, 0.2) is 152 Å². The quantitative estimate of drug-likeness (QED) is 0.107. The third-order valence-electron chi connectivity index (χ3n) is 7.18. The van der Waals surface area contributed by atoms with Gasteiger partial charge in [0, 0.05) is 17.1 Å². The molecule has 0 aromatic heterocycles. The number of rotatable bonds is 9. The Kier molecular flexibility index (Phi) is 7.94. The summed E-state index contributed by atoms with van der Waals surface area (Å²) >= 11 is 0. The maximum atomic E-state index is 4.10. The molecule has 5 aromatic carbocycles. The second-order valence-corrected chi connectivity index (χ2v) is 10.1. The van der Waals surface area contributed by atoms with Gasteiger partial charge in [0.15, 0.2) is 0 Å². The molecule has 5 rings (SSSR count). The van der Waals surface area contributed by atoms with Crippen LogP contribution >= 0.6 is 0 Å². The van der Waals surface area contributed by atoms with Crippen molar-refractivity contribution in [3.8, 4) is 0 Å². The van der Waals surface area contributed by atoms with Gasteiger partial charge in [-0.2, -0.15) is 0 Å². The molecule has 0 bridgehead atoms. The molecule has 1 nitrogen and oxygen atoms in total. The maximum absolute atomic E-state index is 4.10. The van der Waals surface area contributed by atoms with E-state index in [0.29, 0.717) is 0 Å². The van der Waals surface area contributed by atoms with Crippen LogP contribution in [0.2, 0.25) is 0 Å². The van der Waals surface area contributed by atoms with Crippen molar-refractivity contribution in [2.45, 2.75) is 20.8 Å². The summed E-state index contributed by atoms with van der Waals surface area (Å²) in [6.45, 7) is 14.2. The largest absolute Gasteiger partial charge is 0.311 e. The molecule has 0 aliphatic rings.